The lowest BCUT2D eigenvalue weighted by Crippen LogP contribution is -2.04. The molecule has 1 N–H and O–H groups in total. The molecule has 1 heterocycles. The molecule has 6 heteroatoms. The van der Waals surface area contributed by atoms with Crippen molar-refractivity contribution in [3.05, 3.63) is 53.9 Å². The maximum absolute atomic E-state index is 12.5. The second-order valence-corrected chi connectivity index (χ2v) is 3.77. The van der Waals surface area contributed by atoms with Crippen molar-refractivity contribution < 1.29 is 23.0 Å². The molecule has 0 aliphatic carbocycles. The van der Waals surface area contributed by atoms with Crippen LogP contribution in [-0.2, 0) is 12.8 Å². The highest BCUT2D eigenvalue weighted by atomic mass is 19.4. The highest BCUT2D eigenvalue weighted by Crippen LogP contribution is 2.33. The van der Waals surface area contributed by atoms with Crippen molar-refractivity contribution in [1.29, 1.82) is 0 Å². The molecule has 0 aliphatic heterocycles. The van der Waals surface area contributed by atoms with E-state index < -0.39 is 11.7 Å². The molecule has 0 unspecified atom stereocenters. The molecule has 0 aliphatic rings. The Morgan fingerprint density at radius 1 is 1.21 bits per heavy atom. The number of ether oxygens (including phenoxy) is 1. The number of aliphatic hydroxyl groups excluding tert-OH is 1. The van der Waals surface area contributed by atoms with Crippen LogP contribution in [0.25, 0.3) is 0 Å². The van der Waals surface area contributed by atoms with Crippen molar-refractivity contribution in [1.82, 2.24) is 4.98 Å². The topological polar surface area (TPSA) is 42.4 Å². The number of hydrogen-bond donors (Lipinski definition) is 1. The normalized spacial score (nSPS) is 11.4. The van der Waals surface area contributed by atoms with E-state index >= 15 is 0 Å². The summed E-state index contributed by atoms with van der Waals surface area (Å²) in [5.74, 6) is 0.266. The van der Waals surface area contributed by atoms with Crippen LogP contribution >= 0.6 is 0 Å². The fraction of sp³-hybridized carbons (Fsp3) is 0.154. The lowest BCUT2D eigenvalue weighted by Gasteiger charge is -2.11. The Morgan fingerprint density at radius 2 is 2.00 bits per heavy atom. The summed E-state index contributed by atoms with van der Waals surface area (Å²) in [6.45, 7) is -0.281. The van der Waals surface area contributed by atoms with Gasteiger partial charge in [0.05, 0.1) is 18.4 Å². The molecule has 0 radical (unpaired) electrons. The van der Waals surface area contributed by atoms with Crippen LogP contribution in [0.1, 0.15) is 11.1 Å². The molecule has 0 bridgehead atoms. The van der Waals surface area contributed by atoms with Crippen molar-refractivity contribution in [2.24, 2.45) is 0 Å². The minimum atomic E-state index is -4.42. The van der Waals surface area contributed by atoms with Gasteiger partial charge in [-0.15, -0.1) is 0 Å². The van der Waals surface area contributed by atoms with Crippen LogP contribution in [0.2, 0.25) is 0 Å². The molecule has 3 nitrogen and oxygen atoms in total. The number of pyridine rings is 1. The second-order valence-electron chi connectivity index (χ2n) is 3.77. The zero-order valence-corrected chi connectivity index (χ0v) is 9.69. The Labute approximate surface area is 107 Å². The lowest BCUT2D eigenvalue weighted by atomic mass is 10.2. The summed E-state index contributed by atoms with van der Waals surface area (Å²) in [5.41, 5.74) is -0.341. The Balaban J connectivity index is 2.29. The van der Waals surface area contributed by atoms with Crippen molar-refractivity contribution in [3.63, 3.8) is 0 Å². The van der Waals surface area contributed by atoms with Gasteiger partial charge in [-0.1, -0.05) is 6.07 Å². The zero-order valence-electron chi connectivity index (χ0n) is 9.69. The fourth-order valence-corrected chi connectivity index (χ4v) is 1.49. The van der Waals surface area contributed by atoms with E-state index in [2.05, 4.69) is 4.98 Å². The van der Waals surface area contributed by atoms with Gasteiger partial charge in [-0.2, -0.15) is 13.2 Å². The van der Waals surface area contributed by atoms with Gasteiger partial charge >= 0.3 is 6.18 Å². The highest BCUT2D eigenvalue weighted by Gasteiger charge is 2.30. The quantitative estimate of drug-likeness (QED) is 0.928. The molecule has 0 saturated heterocycles. The van der Waals surface area contributed by atoms with E-state index in [0.29, 0.717) is 5.56 Å². The van der Waals surface area contributed by atoms with Gasteiger partial charge in [-0.05, 0) is 24.3 Å². The van der Waals surface area contributed by atoms with Gasteiger partial charge in [0, 0.05) is 11.8 Å². The summed E-state index contributed by atoms with van der Waals surface area (Å²) < 4.78 is 42.9. The molecule has 1 aromatic heterocycles. The molecule has 2 aromatic rings. The molecular formula is C13H10F3NO2. The molecule has 0 atom stereocenters. The van der Waals surface area contributed by atoms with E-state index in [4.69, 9.17) is 9.84 Å². The van der Waals surface area contributed by atoms with Crippen LogP contribution < -0.4 is 4.74 Å². The summed E-state index contributed by atoms with van der Waals surface area (Å²) in [5, 5.41) is 9.09. The fourth-order valence-electron chi connectivity index (χ4n) is 1.49. The van der Waals surface area contributed by atoms with Gasteiger partial charge in [-0.3, -0.25) is 4.98 Å². The Bertz CT molecular complexity index is 570. The number of aromatic nitrogens is 1. The molecule has 0 amide bonds. The van der Waals surface area contributed by atoms with E-state index in [1.165, 1.54) is 30.6 Å². The van der Waals surface area contributed by atoms with Gasteiger partial charge in [0.25, 0.3) is 0 Å². The largest absolute Gasteiger partial charge is 0.455 e. The van der Waals surface area contributed by atoms with E-state index in [1.807, 2.05) is 0 Å². The van der Waals surface area contributed by atoms with E-state index in [0.717, 1.165) is 12.1 Å². The van der Waals surface area contributed by atoms with Gasteiger partial charge in [0.1, 0.15) is 5.75 Å². The predicted molar refractivity (Wildman–Crippen MR) is 61.7 cm³/mol. The first-order valence-corrected chi connectivity index (χ1v) is 5.39. The van der Waals surface area contributed by atoms with Gasteiger partial charge in [0.2, 0.25) is 0 Å². The standard InChI is InChI=1S/C13H10F3NO2/c14-13(15,16)10-2-1-3-11(6-10)19-12-7-17-5-4-9(12)8-18/h1-7,18H,8H2. The molecule has 0 fully saturated rings. The average Bonchev–Trinajstić information content (AvgIpc) is 2.39. The van der Waals surface area contributed by atoms with Crippen LogP contribution in [0.5, 0.6) is 11.5 Å². The van der Waals surface area contributed by atoms with E-state index in [9.17, 15) is 13.2 Å². The summed E-state index contributed by atoms with van der Waals surface area (Å²) in [4.78, 5) is 3.80. The smallest absolute Gasteiger partial charge is 0.416 e. The Morgan fingerprint density at radius 3 is 2.68 bits per heavy atom. The van der Waals surface area contributed by atoms with Gasteiger partial charge < -0.3 is 9.84 Å². The number of nitrogens with zero attached hydrogens (tertiary/aromatic N) is 1. The monoisotopic (exact) mass is 269 g/mol. The maximum atomic E-state index is 12.5. The lowest BCUT2D eigenvalue weighted by molar-refractivity contribution is -0.137. The third-order valence-corrected chi connectivity index (χ3v) is 2.43. The van der Waals surface area contributed by atoms with Gasteiger partial charge in [0.15, 0.2) is 5.75 Å². The number of rotatable bonds is 3. The van der Waals surface area contributed by atoms with Crippen molar-refractivity contribution >= 4 is 0 Å². The molecular weight excluding hydrogens is 259 g/mol. The number of halogens is 3. The summed E-state index contributed by atoms with van der Waals surface area (Å²) in [7, 11) is 0. The number of aliphatic hydroxyl groups is 1. The molecule has 0 saturated carbocycles. The van der Waals surface area contributed by atoms with Crippen LogP contribution in [0.4, 0.5) is 13.2 Å². The highest BCUT2D eigenvalue weighted by molar-refractivity contribution is 5.37. The third-order valence-electron chi connectivity index (χ3n) is 2.43. The maximum Gasteiger partial charge on any atom is 0.416 e. The molecule has 19 heavy (non-hydrogen) atoms. The van der Waals surface area contributed by atoms with Crippen LogP contribution in [0, 0.1) is 0 Å². The van der Waals surface area contributed by atoms with Crippen LogP contribution in [0.3, 0.4) is 0 Å². The first-order chi connectivity index (χ1) is 9.00. The molecule has 1 aromatic carbocycles. The van der Waals surface area contributed by atoms with Crippen molar-refractivity contribution in [3.8, 4) is 11.5 Å². The van der Waals surface area contributed by atoms with Gasteiger partial charge in [-0.25, -0.2) is 0 Å². The van der Waals surface area contributed by atoms with E-state index in [1.54, 1.807) is 0 Å². The number of alkyl halides is 3. The molecule has 2 rings (SSSR count). The van der Waals surface area contributed by atoms with Crippen LogP contribution in [-0.4, -0.2) is 10.1 Å². The minimum Gasteiger partial charge on any atom is -0.455 e. The predicted octanol–water partition coefficient (Wildman–Crippen LogP) is 3.39. The summed E-state index contributed by atoms with van der Waals surface area (Å²) >= 11 is 0. The van der Waals surface area contributed by atoms with Crippen molar-refractivity contribution in [2.45, 2.75) is 12.8 Å². The van der Waals surface area contributed by atoms with E-state index in [-0.39, 0.29) is 18.1 Å². The summed E-state index contributed by atoms with van der Waals surface area (Å²) in [6, 6.07) is 6.05. The minimum absolute atomic E-state index is 0.0394. The first-order valence-electron chi connectivity index (χ1n) is 5.39. The Kier molecular flexibility index (Phi) is 3.71. The summed E-state index contributed by atoms with van der Waals surface area (Å²) in [6.07, 6.45) is -1.62. The zero-order chi connectivity index (χ0) is 13.9. The number of hydrogen-bond acceptors (Lipinski definition) is 3. The first kappa shape index (κ1) is 13.4. The molecule has 0 spiro atoms. The third kappa shape index (κ3) is 3.23. The number of benzene rings is 1. The Hall–Kier alpha value is -2.08. The molecule has 100 valence electrons. The average molecular weight is 269 g/mol. The second kappa shape index (κ2) is 5.27. The SMILES string of the molecule is OCc1ccncc1Oc1cccc(C(F)(F)F)c1. The van der Waals surface area contributed by atoms with Crippen molar-refractivity contribution in [2.75, 3.05) is 0 Å². The van der Waals surface area contributed by atoms with Crippen LogP contribution in [0.15, 0.2) is 42.7 Å².